The molecular formula is C46H47IrN6O-5. The number of para-hydroxylation sites is 1. The quantitative estimate of drug-likeness (QED) is 0.0727. The molecule has 2 aromatic heterocycles. The van der Waals surface area contributed by atoms with Gasteiger partial charge in [-0.2, -0.15) is 55.8 Å². The Bertz CT molecular complexity index is 2110. The zero-order valence-corrected chi connectivity index (χ0v) is 33.4. The third-order valence-corrected chi connectivity index (χ3v) is 10.4. The molecule has 0 bridgehead atoms. The third-order valence-electron chi connectivity index (χ3n) is 10.4. The van der Waals surface area contributed by atoms with Crippen LogP contribution in [0.3, 0.4) is 0 Å². The van der Waals surface area contributed by atoms with Gasteiger partial charge in [0.05, 0.1) is 0 Å². The number of anilines is 2. The number of aromatic nitrogens is 1. The Balaban J connectivity index is 0.00000450. The number of hydrogen-bond acceptors (Lipinski definition) is 7. The van der Waals surface area contributed by atoms with E-state index in [9.17, 15) is 0 Å². The first-order valence-corrected chi connectivity index (χ1v) is 19.2. The van der Waals surface area contributed by atoms with Gasteiger partial charge in [-0.3, -0.25) is 0 Å². The van der Waals surface area contributed by atoms with E-state index in [0.717, 1.165) is 84.5 Å². The van der Waals surface area contributed by atoms with Gasteiger partial charge in [0.15, 0.2) is 0 Å². The molecule has 8 heteroatoms. The number of fused-ring (bicyclic) bond motifs is 3. The summed E-state index contributed by atoms with van der Waals surface area (Å²) in [6.45, 7) is 8.23. The Morgan fingerprint density at radius 3 is 2.31 bits per heavy atom. The summed E-state index contributed by atoms with van der Waals surface area (Å²) in [4.78, 5) is 18.2. The van der Waals surface area contributed by atoms with E-state index in [1.807, 2.05) is 43.3 Å². The normalized spacial score (nSPS) is 16.6. The first-order chi connectivity index (χ1) is 26.2. The van der Waals surface area contributed by atoms with Crippen molar-refractivity contribution in [2.45, 2.75) is 71.1 Å². The number of pyridine rings is 1. The number of unbranched alkanes of at least 4 members (excludes halogenated alkanes) is 5. The minimum atomic E-state index is 0. The average Bonchev–Trinajstić information content (AvgIpc) is 3.96. The van der Waals surface area contributed by atoms with Crippen LogP contribution in [0.5, 0.6) is 0 Å². The molecule has 3 aliphatic heterocycles. The molecule has 0 amide bonds. The predicted molar refractivity (Wildman–Crippen MR) is 216 cm³/mol. The van der Waals surface area contributed by atoms with Gasteiger partial charge in [0, 0.05) is 36.8 Å². The molecular weight excluding hydrogens is 845 g/mol. The topological polar surface area (TPSA) is 51.4 Å². The maximum atomic E-state index is 6.50. The molecule has 0 saturated carbocycles. The summed E-state index contributed by atoms with van der Waals surface area (Å²) in [6, 6.07) is 32.8. The minimum absolute atomic E-state index is 0. The second-order valence-corrected chi connectivity index (χ2v) is 14.3. The van der Waals surface area contributed by atoms with Crippen LogP contribution < -0.4 is 9.80 Å². The van der Waals surface area contributed by atoms with Crippen molar-refractivity contribution in [3.8, 4) is 0 Å². The molecule has 0 aliphatic carbocycles. The van der Waals surface area contributed by atoms with E-state index in [4.69, 9.17) is 14.4 Å². The van der Waals surface area contributed by atoms with Crippen molar-refractivity contribution in [3.05, 3.63) is 146 Å². The van der Waals surface area contributed by atoms with Gasteiger partial charge >= 0.3 is 0 Å². The summed E-state index contributed by atoms with van der Waals surface area (Å²) < 4.78 is 6.50. The van der Waals surface area contributed by atoms with Crippen molar-refractivity contribution >= 4 is 45.4 Å². The molecule has 7 nitrogen and oxygen atoms in total. The fourth-order valence-electron chi connectivity index (χ4n) is 7.44. The predicted octanol–water partition coefficient (Wildman–Crippen LogP) is 10.6. The Kier molecular flexibility index (Phi) is 12.6. The van der Waals surface area contributed by atoms with Gasteiger partial charge in [0.1, 0.15) is 0 Å². The molecule has 5 heterocycles. The second-order valence-electron chi connectivity index (χ2n) is 14.3. The maximum Gasteiger partial charge on any atom is 0.212 e. The zero-order valence-electron chi connectivity index (χ0n) is 31.0. The Hall–Kier alpha value is -4.65. The van der Waals surface area contributed by atoms with Crippen molar-refractivity contribution in [2.24, 2.45) is 10.9 Å². The summed E-state index contributed by atoms with van der Waals surface area (Å²) in [6.07, 6.45) is 24.5. The number of benzene rings is 3. The van der Waals surface area contributed by atoms with Crippen LogP contribution in [0.15, 0.2) is 107 Å². The summed E-state index contributed by atoms with van der Waals surface area (Å²) in [5.74, 6) is 0.550. The number of hydrogen-bond donors (Lipinski definition) is 0. The molecule has 3 aliphatic rings. The van der Waals surface area contributed by atoms with Crippen LogP contribution in [-0.2, 0) is 26.5 Å². The van der Waals surface area contributed by atoms with Crippen LogP contribution in [-0.4, -0.2) is 34.1 Å². The van der Waals surface area contributed by atoms with Crippen molar-refractivity contribution < 1.29 is 24.5 Å². The average molecular weight is 892 g/mol. The summed E-state index contributed by atoms with van der Waals surface area (Å²) in [7, 11) is 0. The van der Waals surface area contributed by atoms with Crippen LogP contribution in [0, 0.1) is 44.4 Å². The molecule has 5 aromatic rings. The number of aryl methyl sites for hydroxylation is 2. The van der Waals surface area contributed by atoms with E-state index < -0.39 is 0 Å². The van der Waals surface area contributed by atoms with Crippen molar-refractivity contribution in [1.82, 2.24) is 14.8 Å². The molecule has 281 valence electrons. The Morgan fingerprint density at radius 1 is 0.796 bits per heavy atom. The molecule has 54 heavy (non-hydrogen) atoms. The van der Waals surface area contributed by atoms with E-state index in [-0.39, 0.29) is 20.1 Å². The third kappa shape index (κ3) is 8.99. The van der Waals surface area contributed by atoms with Gasteiger partial charge in [-0.25, -0.2) is 4.98 Å². The van der Waals surface area contributed by atoms with Crippen LogP contribution in [0.1, 0.15) is 74.6 Å². The van der Waals surface area contributed by atoms with E-state index >= 15 is 0 Å². The molecule has 0 fully saturated rings. The molecule has 0 saturated heterocycles. The number of aliphatic imine (C=N–C) groups is 1. The number of allylic oxidation sites excluding steroid dienone is 1. The molecule has 1 unspecified atom stereocenters. The van der Waals surface area contributed by atoms with Crippen molar-refractivity contribution in [1.29, 1.82) is 0 Å². The number of nitrogens with zero attached hydrogens (tertiary/aromatic N) is 6. The number of rotatable bonds is 16. The van der Waals surface area contributed by atoms with Gasteiger partial charge in [-0.1, -0.05) is 49.6 Å². The Labute approximate surface area is 334 Å². The second kappa shape index (κ2) is 18.1. The molecule has 1 atom stereocenters. The van der Waals surface area contributed by atoms with Gasteiger partial charge in [-0.05, 0) is 100 Å². The van der Waals surface area contributed by atoms with E-state index in [0.29, 0.717) is 11.6 Å². The number of furan rings is 1. The SMILES string of the molecule is Cc1ccc2c(n1)oc1c(N3C=CN(CCCCN4C=CN(c5[c-]cccc5)[CH-]4)[CH-]3)[c-]cc(CCCCCCCC3C=NC(c4[c-]cccc4)=CC3)c12.[Ir]. The smallest absolute Gasteiger partial charge is 0.212 e. The Morgan fingerprint density at radius 2 is 1.56 bits per heavy atom. The monoisotopic (exact) mass is 892 g/mol. The van der Waals surface area contributed by atoms with E-state index in [1.54, 1.807) is 0 Å². The molecule has 0 N–H and O–H groups in total. The largest absolute Gasteiger partial charge is 0.508 e. The maximum absolute atomic E-state index is 6.50. The fraction of sp³-hybridized carbons (Fsp3) is 0.304. The van der Waals surface area contributed by atoms with Gasteiger partial charge in [0.2, 0.25) is 5.71 Å². The van der Waals surface area contributed by atoms with E-state index in [1.165, 1.54) is 43.1 Å². The molecule has 1 radical (unpaired) electrons. The summed E-state index contributed by atoms with van der Waals surface area (Å²) >= 11 is 0. The molecule has 8 rings (SSSR count). The van der Waals surface area contributed by atoms with Crippen molar-refractivity contribution in [3.63, 3.8) is 0 Å². The van der Waals surface area contributed by atoms with Gasteiger partial charge in [-0.15, -0.1) is 53.2 Å². The van der Waals surface area contributed by atoms with Crippen LogP contribution in [0.2, 0.25) is 0 Å². The van der Waals surface area contributed by atoms with Crippen LogP contribution in [0.25, 0.3) is 27.8 Å². The molecule has 3 aromatic carbocycles. The van der Waals surface area contributed by atoms with E-state index in [2.05, 4.69) is 119 Å². The van der Waals surface area contributed by atoms with Gasteiger partial charge in [0.25, 0.3) is 0 Å². The van der Waals surface area contributed by atoms with Crippen LogP contribution in [0.4, 0.5) is 11.4 Å². The van der Waals surface area contributed by atoms with Crippen molar-refractivity contribution in [2.75, 3.05) is 22.9 Å². The van der Waals surface area contributed by atoms with Crippen LogP contribution >= 0.6 is 0 Å². The standard InChI is InChI=1S/C46H47N6O.Ir/c1-36-21-24-41-44-39(18-8-4-2-3-7-15-37-22-25-42(47-33-37)38-16-9-5-10-17-38)23-26-43(45(44)53-46(41)48-36)52-32-30-50(35-52)28-14-13-27-49-29-31-51(34-49)40-19-11-6-12-20-40;/h5-6,9-12,16,19,21,23-25,29-35,37H,2-4,7-8,13-15,18,22,27-28H2,1H3;/q-5;. The first kappa shape index (κ1) is 37.7. The summed E-state index contributed by atoms with van der Waals surface area (Å²) in [5.41, 5.74) is 7.95. The zero-order chi connectivity index (χ0) is 35.8. The minimum Gasteiger partial charge on any atom is -0.508 e. The van der Waals surface area contributed by atoms with Gasteiger partial charge < -0.3 is 29.0 Å². The first-order valence-electron chi connectivity index (χ1n) is 19.2. The molecule has 0 spiro atoms. The fourth-order valence-corrected chi connectivity index (χ4v) is 7.44. The summed E-state index contributed by atoms with van der Waals surface area (Å²) in [5, 5.41) is 2.26.